The maximum atomic E-state index is 13.7. The number of halogens is 3. The highest BCUT2D eigenvalue weighted by Gasteiger charge is 2.41. The predicted molar refractivity (Wildman–Crippen MR) is 112 cm³/mol. The maximum Gasteiger partial charge on any atom is 0.419 e. The van der Waals surface area contributed by atoms with Crippen molar-refractivity contribution < 1.29 is 32.2 Å². The number of carbonyl (C=O) groups is 2. The van der Waals surface area contributed by atoms with Crippen LogP contribution in [0.4, 0.5) is 34.4 Å². The number of alkyl halides is 3. The van der Waals surface area contributed by atoms with E-state index in [1.165, 1.54) is 20.8 Å². The van der Waals surface area contributed by atoms with Crippen LogP contribution in [0.5, 0.6) is 0 Å². The molecule has 0 spiro atoms. The fourth-order valence-corrected chi connectivity index (χ4v) is 3.42. The molecule has 0 radical (unpaired) electrons. The predicted octanol–water partition coefficient (Wildman–Crippen LogP) is 4.28. The van der Waals surface area contributed by atoms with E-state index < -0.39 is 29.5 Å². The minimum absolute atomic E-state index is 0.123. The summed E-state index contributed by atoms with van der Waals surface area (Å²) in [7, 11) is 0. The van der Waals surface area contributed by atoms with Crippen molar-refractivity contribution in [2.75, 3.05) is 42.6 Å². The molecule has 8 nitrogen and oxygen atoms in total. The van der Waals surface area contributed by atoms with Gasteiger partial charge < -0.3 is 19.3 Å². The molecule has 1 saturated carbocycles. The van der Waals surface area contributed by atoms with Crippen molar-refractivity contribution in [1.82, 2.24) is 9.88 Å². The fourth-order valence-electron chi connectivity index (χ4n) is 3.42. The summed E-state index contributed by atoms with van der Waals surface area (Å²) in [6.07, 6.45) is -4.28. The smallest absolute Gasteiger partial charge is 0.419 e. The lowest BCUT2D eigenvalue weighted by Gasteiger charge is -2.36. The van der Waals surface area contributed by atoms with Crippen LogP contribution in [0.1, 0.15) is 46.1 Å². The van der Waals surface area contributed by atoms with E-state index in [2.05, 4.69) is 4.98 Å². The number of pyridine rings is 1. The Morgan fingerprint density at radius 2 is 1.75 bits per heavy atom. The van der Waals surface area contributed by atoms with Crippen LogP contribution in [-0.4, -0.2) is 66.5 Å². The van der Waals surface area contributed by atoms with Crippen molar-refractivity contribution in [2.45, 2.75) is 58.4 Å². The highest BCUT2D eigenvalue weighted by Crippen LogP contribution is 2.39. The monoisotopic (exact) mass is 458 g/mol. The number of amides is 2. The first-order chi connectivity index (χ1) is 14.9. The first kappa shape index (κ1) is 23.9. The Bertz CT molecular complexity index is 844. The van der Waals surface area contributed by atoms with Gasteiger partial charge in [0, 0.05) is 32.2 Å². The van der Waals surface area contributed by atoms with Crippen molar-refractivity contribution in [2.24, 2.45) is 0 Å². The molecule has 1 aliphatic heterocycles. The van der Waals surface area contributed by atoms with E-state index in [9.17, 15) is 22.8 Å². The third-order valence-corrected chi connectivity index (χ3v) is 5.02. The van der Waals surface area contributed by atoms with E-state index in [1.54, 1.807) is 27.7 Å². The first-order valence-corrected chi connectivity index (χ1v) is 10.7. The molecular weight excluding hydrogens is 429 g/mol. The minimum Gasteiger partial charge on any atom is -0.450 e. The molecule has 2 amide bonds. The summed E-state index contributed by atoms with van der Waals surface area (Å²) in [6.45, 7) is 7.83. The lowest BCUT2D eigenvalue weighted by Crippen LogP contribution is -2.49. The molecule has 0 bridgehead atoms. The minimum atomic E-state index is -4.62. The second-order valence-corrected chi connectivity index (χ2v) is 8.79. The van der Waals surface area contributed by atoms with Crippen LogP contribution in [0.25, 0.3) is 0 Å². The Morgan fingerprint density at radius 1 is 1.12 bits per heavy atom. The van der Waals surface area contributed by atoms with Crippen LogP contribution >= 0.6 is 0 Å². The summed E-state index contributed by atoms with van der Waals surface area (Å²) in [4.78, 5) is 33.2. The average molecular weight is 458 g/mol. The topological polar surface area (TPSA) is 75.2 Å². The van der Waals surface area contributed by atoms with Crippen molar-refractivity contribution in [3.05, 3.63) is 17.7 Å². The normalized spacial score (nSPS) is 17.2. The number of carbonyl (C=O) groups excluding carboxylic acids is 2. The third-order valence-electron chi connectivity index (χ3n) is 5.02. The molecule has 0 N–H and O–H groups in total. The van der Waals surface area contributed by atoms with Gasteiger partial charge in [-0.15, -0.1) is 0 Å². The summed E-state index contributed by atoms with van der Waals surface area (Å²) in [5.74, 6) is -0.134. The Morgan fingerprint density at radius 3 is 2.25 bits per heavy atom. The van der Waals surface area contributed by atoms with Gasteiger partial charge in [0.15, 0.2) is 0 Å². The van der Waals surface area contributed by atoms with E-state index in [0.717, 1.165) is 18.9 Å². The van der Waals surface area contributed by atoms with E-state index >= 15 is 0 Å². The Hall–Kier alpha value is -2.72. The van der Waals surface area contributed by atoms with Crippen LogP contribution in [0.3, 0.4) is 0 Å². The molecule has 11 heteroatoms. The number of nitrogens with zero attached hydrogens (tertiary/aromatic N) is 4. The van der Waals surface area contributed by atoms with Gasteiger partial charge in [-0.3, -0.25) is 4.90 Å². The number of ether oxygens (including phenoxy) is 2. The number of hydrogen-bond acceptors (Lipinski definition) is 6. The van der Waals surface area contributed by atoms with Crippen LogP contribution in [0, 0.1) is 0 Å². The van der Waals surface area contributed by atoms with E-state index in [0.29, 0.717) is 0 Å². The zero-order chi connectivity index (χ0) is 23.7. The van der Waals surface area contributed by atoms with Crippen molar-refractivity contribution in [3.8, 4) is 0 Å². The zero-order valence-electron chi connectivity index (χ0n) is 18.7. The van der Waals surface area contributed by atoms with E-state index in [1.807, 2.05) is 0 Å². The van der Waals surface area contributed by atoms with Gasteiger partial charge in [-0.2, -0.15) is 13.2 Å². The summed E-state index contributed by atoms with van der Waals surface area (Å²) in [6, 6.07) is 2.01. The number of hydrogen-bond donors (Lipinski definition) is 0. The molecular formula is C21H29F3N4O4. The molecule has 178 valence electrons. The van der Waals surface area contributed by atoms with Crippen LogP contribution in [-0.2, 0) is 15.7 Å². The Kier molecular flexibility index (Phi) is 6.75. The maximum absolute atomic E-state index is 13.7. The van der Waals surface area contributed by atoms with E-state index in [-0.39, 0.29) is 50.5 Å². The third kappa shape index (κ3) is 5.74. The van der Waals surface area contributed by atoms with Crippen LogP contribution in [0.15, 0.2) is 12.1 Å². The Labute approximate surface area is 185 Å². The van der Waals surface area contributed by atoms with Crippen LogP contribution < -0.4 is 9.80 Å². The molecule has 1 aliphatic carbocycles. The van der Waals surface area contributed by atoms with Gasteiger partial charge in [0.25, 0.3) is 0 Å². The lowest BCUT2D eigenvalue weighted by molar-refractivity contribution is -0.137. The molecule has 0 aromatic carbocycles. The summed E-state index contributed by atoms with van der Waals surface area (Å²) in [5, 5.41) is 0. The number of anilines is 2. The zero-order valence-corrected chi connectivity index (χ0v) is 18.7. The van der Waals surface area contributed by atoms with Crippen molar-refractivity contribution in [3.63, 3.8) is 0 Å². The van der Waals surface area contributed by atoms with Gasteiger partial charge in [0.1, 0.15) is 17.2 Å². The molecule has 32 heavy (non-hydrogen) atoms. The first-order valence-electron chi connectivity index (χ1n) is 10.7. The van der Waals surface area contributed by atoms with Gasteiger partial charge in [-0.05, 0) is 52.7 Å². The molecule has 1 aromatic rings. The Balaban J connectivity index is 1.89. The van der Waals surface area contributed by atoms with Crippen molar-refractivity contribution in [1.29, 1.82) is 0 Å². The quantitative estimate of drug-likeness (QED) is 0.670. The van der Waals surface area contributed by atoms with Gasteiger partial charge in [0.05, 0.1) is 12.2 Å². The molecule has 2 heterocycles. The molecule has 2 fully saturated rings. The lowest BCUT2D eigenvalue weighted by atomic mass is 10.2. The highest BCUT2D eigenvalue weighted by atomic mass is 19.4. The molecule has 1 aromatic heterocycles. The largest absolute Gasteiger partial charge is 0.450 e. The number of aromatic nitrogens is 1. The van der Waals surface area contributed by atoms with Gasteiger partial charge >= 0.3 is 18.4 Å². The molecule has 0 atom stereocenters. The van der Waals surface area contributed by atoms with Crippen LogP contribution in [0.2, 0.25) is 0 Å². The number of rotatable bonds is 4. The second-order valence-electron chi connectivity index (χ2n) is 8.79. The highest BCUT2D eigenvalue weighted by molar-refractivity contribution is 5.88. The summed E-state index contributed by atoms with van der Waals surface area (Å²) < 4.78 is 51.6. The van der Waals surface area contributed by atoms with Gasteiger partial charge in [0.2, 0.25) is 0 Å². The second kappa shape index (κ2) is 9.03. The fraction of sp³-hybridized carbons (Fsp3) is 0.667. The summed E-state index contributed by atoms with van der Waals surface area (Å²) >= 11 is 0. The van der Waals surface area contributed by atoms with Gasteiger partial charge in [-0.1, -0.05) is 0 Å². The van der Waals surface area contributed by atoms with Crippen molar-refractivity contribution >= 4 is 23.8 Å². The molecule has 2 aliphatic rings. The van der Waals surface area contributed by atoms with E-state index in [4.69, 9.17) is 9.47 Å². The molecule has 0 unspecified atom stereocenters. The molecule has 1 saturated heterocycles. The average Bonchev–Trinajstić information content (AvgIpc) is 3.51. The van der Waals surface area contributed by atoms with Gasteiger partial charge in [-0.25, -0.2) is 14.6 Å². The summed E-state index contributed by atoms with van der Waals surface area (Å²) in [5.41, 5.74) is -1.63. The standard InChI is InChI=1S/C21H29F3N4O4/c1-5-31-18(29)27-12-10-26(11-13-27)17-15(21(22,23)24)8-9-16(25-17)28(14-6-7-14)19(30)32-20(2,3)4/h8-9,14H,5-7,10-13H2,1-4H3. The SMILES string of the molecule is CCOC(=O)N1CCN(c2nc(N(C(=O)OC(C)(C)C)C3CC3)ccc2C(F)(F)F)CC1. The molecule has 3 rings (SSSR count). The number of piperazine rings is 1.